The van der Waals surface area contributed by atoms with Gasteiger partial charge >= 0.3 is 0 Å². The second-order valence-corrected chi connectivity index (χ2v) is 7.31. The Morgan fingerprint density at radius 2 is 1.91 bits per heavy atom. The first-order valence-corrected chi connectivity index (χ1v) is 8.82. The van der Waals surface area contributed by atoms with Gasteiger partial charge in [-0.05, 0) is 32.6 Å². The van der Waals surface area contributed by atoms with Crippen LogP contribution >= 0.6 is 0 Å². The number of nitrogens with zero attached hydrogens (tertiary/aromatic N) is 2. The molecule has 3 atom stereocenters. The summed E-state index contributed by atoms with van der Waals surface area (Å²) in [5.41, 5.74) is 0. The van der Waals surface area contributed by atoms with E-state index < -0.39 is 0 Å². The molecule has 22 heavy (non-hydrogen) atoms. The SMILES string of the molecule is CC(O)C1CCCN(C(=O)C2CC(=O)N(C3CCCC3)C2)C1. The summed E-state index contributed by atoms with van der Waals surface area (Å²) >= 11 is 0. The number of aliphatic hydroxyl groups excluding tert-OH is 1. The number of carbonyl (C=O) groups excluding carboxylic acids is 2. The van der Waals surface area contributed by atoms with Crippen molar-refractivity contribution >= 4 is 11.8 Å². The Balaban J connectivity index is 1.59. The standard InChI is InChI=1S/C17H28N2O3/c1-12(20)13-5-4-8-18(10-13)17(22)14-9-16(21)19(11-14)15-6-2-3-7-15/h12-15,20H,2-11H2,1H3. The van der Waals surface area contributed by atoms with Gasteiger partial charge in [0.05, 0.1) is 12.0 Å². The minimum Gasteiger partial charge on any atom is -0.393 e. The van der Waals surface area contributed by atoms with E-state index in [1.807, 2.05) is 9.80 Å². The summed E-state index contributed by atoms with van der Waals surface area (Å²) in [6.07, 6.45) is 6.56. The third-order valence-electron chi connectivity index (χ3n) is 5.72. The van der Waals surface area contributed by atoms with Crippen LogP contribution in [0.15, 0.2) is 0 Å². The largest absolute Gasteiger partial charge is 0.393 e. The van der Waals surface area contributed by atoms with Crippen LogP contribution in [0, 0.1) is 11.8 Å². The maximum absolute atomic E-state index is 12.7. The first-order valence-electron chi connectivity index (χ1n) is 8.82. The van der Waals surface area contributed by atoms with Crippen molar-refractivity contribution < 1.29 is 14.7 Å². The molecule has 5 heteroatoms. The monoisotopic (exact) mass is 308 g/mol. The Hall–Kier alpha value is -1.10. The molecule has 2 saturated heterocycles. The van der Waals surface area contributed by atoms with E-state index in [-0.39, 0.29) is 29.8 Å². The third kappa shape index (κ3) is 3.14. The van der Waals surface area contributed by atoms with E-state index in [1.54, 1.807) is 6.92 Å². The first kappa shape index (κ1) is 15.8. The van der Waals surface area contributed by atoms with E-state index in [2.05, 4.69) is 0 Å². The summed E-state index contributed by atoms with van der Waals surface area (Å²) in [5, 5.41) is 9.77. The van der Waals surface area contributed by atoms with Crippen molar-refractivity contribution in [3.05, 3.63) is 0 Å². The Labute approximate surface area is 132 Å². The summed E-state index contributed by atoms with van der Waals surface area (Å²) < 4.78 is 0. The lowest BCUT2D eigenvalue weighted by Crippen LogP contribution is -2.46. The molecule has 3 rings (SSSR count). The van der Waals surface area contributed by atoms with Gasteiger partial charge in [-0.2, -0.15) is 0 Å². The van der Waals surface area contributed by atoms with E-state index >= 15 is 0 Å². The maximum atomic E-state index is 12.7. The van der Waals surface area contributed by atoms with Crippen LogP contribution in [0.25, 0.3) is 0 Å². The lowest BCUT2D eigenvalue weighted by Gasteiger charge is -2.35. The summed E-state index contributed by atoms with van der Waals surface area (Å²) in [7, 11) is 0. The zero-order valence-electron chi connectivity index (χ0n) is 13.5. The van der Waals surface area contributed by atoms with Crippen molar-refractivity contribution in [3.8, 4) is 0 Å². The van der Waals surface area contributed by atoms with Gasteiger partial charge in [-0.3, -0.25) is 9.59 Å². The molecule has 3 unspecified atom stereocenters. The number of rotatable bonds is 3. The molecule has 2 aliphatic heterocycles. The number of carbonyl (C=O) groups is 2. The molecule has 3 aliphatic rings. The van der Waals surface area contributed by atoms with Crippen LogP contribution in [0.5, 0.6) is 0 Å². The normalized spacial score (nSPS) is 31.8. The molecule has 0 radical (unpaired) electrons. The highest BCUT2D eigenvalue weighted by atomic mass is 16.3. The molecule has 0 aromatic heterocycles. The van der Waals surface area contributed by atoms with Gasteiger partial charge in [-0.1, -0.05) is 12.8 Å². The lowest BCUT2D eigenvalue weighted by atomic mass is 9.92. The van der Waals surface area contributed by atoms with Crippen LogP contribution in [0.1, 0.15) is 51.9 Å². The van der Waals surface area contributed by atoms with Crippen molar-refractivity contribution in [1.29, 1.82) is 0 Å². The number of piperidine rings is 1. The zero-order valence-corrected chi connectivity index (χ0v) is 13.5. The van der Waals surface area contributed by atoms with Crippen LogP contribution in [0.4, 0.5) is 0 Å². The molecular weight excluding hydrogens is 280 g/mol. The Bertz CT molecular complexity index is 432. The molecule has 0 aromatic carbocycles. The van der Waals surface area contributed by atoms with Crippen molar-refractivity contribution in [1.82, 2.24) is 9.80 Å². The number of hydrogen-bond acceptors (Lipinski definition) is 3. The summed E-state index contributed by atoms with van der Waals surface area (Å²) in [5.74, 6) is 0.301. The van der Waals surface area contributed by atoms with Crippen LogP contribution in [0.3, 0.4) is 0 Å². The minimum absolute atomic E-state index is 0.124. The average molecular weight is 308 g/mol. The number of likely N-dealkylation sites (tertiary alicyclic amines) is 2. The lowest BCUT2D eigenvalue weighted by molar-refractivity contribution is -0.138. The van der Waals surface area contributed by atoms with Gasteiger partial charge in [0.15, 0.2) is 0 Å². The summed E-state index contributed by atoms with van der Waals surface area (Å²) in [6.45, 7) is 3.83. The second kappa shape index (κ2) is 6.57. The Morgan fingerprint density at radius 3 is 2.59 bits per heavy atom. The molecule has 1 saturated carbocycles. The van der Waals surface area contributed by atoms with Gasteiger partial charge in [0.1, 0.15) is 0 Å². The molecule has 0 spiro atoms. The van der Waals surface area contributed by atoms with E-state index in [1.165, 1.54) is 12.8 Å². The highest BCUT2D eigenvalue weighted by Crippen LogP contribution is 2.31. The number of hydrogen-bond donors (Lipinski definition) is 1. The fourth-order valence-corrected chi connectivity index (χ4v) is 4.33. The van der Waals surface area contributed by atoms with Gasteiger partial charge in [-0.25, -0.2) is 0 Å². The van der Waals surface area contributed by atoms with Crippen molar-refractivity contribution in [2.45, 2.75) is 64.0 Å². The van der Waals surface area contributed by atoms with Gasteiger partial charge in [-0.15, -0.1) is 0 Å². The van der Waals surface area contributed by atoms with Crippen molar-refractivity contribution in [2.24, 2.45) is 11.8 Å². The van der Waals surface area contributed by atoms with Crippen LogP contribution in [-0.2, 0) is 9.59 Å². The first-order chi connectivity index (χ1) is 10.6. The van der Waals surface area contributed by atoms with Gasteiger partial charge < -0.3 is 14.9 Å². The van der Waals surface area contributed by atoms with Crippen LogP contribution in [-0.4, -0.2) is 58.5 Å². The number of aliphatic hydroxyl groups is 1. The zero-order chi connectivity index (χ0) is 15.7. The molecule has 1 N–H and O–H groups in total. The molecule has 124 valence electrons. The second-order valence-electron chi connectivity index (χ2n) is 7.31. The molecule has 3 fully saturated rings. The topological polar surface area (TPSA) is 60.9 Å². The highest BCUT2D eigenvalue weighted by molar-refractivity contribution is 5.89. The molecule has 0 bridgehead atoms. The average Bonchev–Trinajstić information content (AvgIpc) is 3.15. The maximum Gasteiger partial charge on any atom is 0.228 e. The van der Waals surface area contributed by atoms with E-state index in [0.717, 1.165) is 32.2 Å². The Morgan fingerprint density at radius 1 is 1.18 bits per heavy atom. The fourth-order valence-electron chi connectivity index (χ4n) is 4.33. The predicted molar refractivity (Wildman–Crippen MR) is 83.1 cm³/mol. The smallest absolute Gasteiger partial charge is 0.228 e. The van der Waals surface area contributed by atoms with Crippen LogP contribution in [0.2, 0.25) is 0 Å². The minimum atomic E-state index is -0.365. The fraction of sp³-hybridized carbons (Fsp3) is 0.882. The summed E-state index contributed by atoms with van der Waals surface area (Å²) in [6, 6.07) is 0.372. The Kier molecular flexibility index (Phi) is 4.71. The van der Waals surface area contributed by atoms with Gasteiger partial charge in [0.2, 0.25) is 11.8 Å². The molecule has 1 aliphatic carbocycles. The van der Waals surface area contributed by atoms with Crippen LogP contribution < -0.4 is 0 Å². The van der Waals surface area contributed by atoms with E-state index in [0.29, 0.717) is 25.6 Å². The van der Waals surface area contributed by atoms with Gasteiger partial charge in [0, 0.05) is 38.0 Å². The molecule has 0 aromatic rings. The quantitative estimate of drug-likeness (QED) is 0.857. The molecule has 2 amide bonds. The third-order valence-corrected chi connectivity index (χ3v) is 5.72. The van der Waals surface area contributed by atoms with Crippen molar-refractivity contribution in [2.75, 3.05) is 19.6 Å². The molecule has 5 nitrogen and oxygen atoms in total. The summed E-state index contributed by atoms with van der Waals surface area (Å²) in [4.78, 5) is 28.8. The molecule has 2 heterocycles. The predicted octanol–water partition coefficient (Wildman–Crippen LogP) is 1.40. The number of amides is 2. The molecular formula is C17H28N2O3. The van der Waals surface area contributed by atoms with E-state index in [4.69, 9.17) is 0 Å². The highest BCUT2D eigenvalue weighted by Gasteiger charge is 2.41. The van der Waals surface area contributed by atoms with Gasteiger partial charge in [0.25, 0.3) is 0 Å². The van der Waals surface area contributed by atoms with E-state index in [9.17, 15) is 14.7 Å². The van der Waals surface area contributed by atoms with Crippen molar-refractivity contribution in [3.63, 3.8) is 0 Å².